The van der Waals surface area contributed by atoms with E-state index in [1.54, 1.807) is 76.2 Å². The molecule has 0 heterocycles. The van der Waals surface area contributed by atoms with Gasteiger partial charge in [-0.25, -0.2) is 4.79 Å². The monoisotopic (exact) mass is 447 g/mol. The van der Waals surface area contributed by atoms with Crippen LogP contribution in [-0.4, -0.2) is 36.2 Å². The number of alkyl carbamates (subject to hydrolysis) is 1. The van der Waals surface area contributed by atoms with E-state index in [1.165, 1.54) is 0 Å². The number of hydrogen-bond donors (Lipinski definition) is 3. The molecule has 3 amide bonds. The van der Waals surface area contributed by atoms with Crippen molar-refractivity contribution in [3.8, 4) is 5.75 Å². The van der Waals surface area contributed by atoms with E-state index < -0.39 is 23.7 Å². The molecule has 0 fully saturated rings. The summed E-state index contributed by atoms with van der Waals surface area (Å²) in [7, 11) is 0. The van der Waals surface area contributed by atoms with Crippen LogP contribution < -0.4 is 20.7 Å². The number of carbonyl (C=O) groups excluding carboxylic acids is 3. The van der Waals surface area contributed by atoms with E-state index in [2.05, 4.69) is 16.0 Å². The quantitative estimate of drug-likeness (QED) is 0.589. The Morgan fingerprint density at radius 1 is 1.00 bits per heavy atom. The molecule has 0 aliphatic carbocycles. The predicted octanol–water partition coefficient (Wildman–Crippen LogP) is 4.21. The van der Waals surface area contributed by atoms with Gasteiger partial charge < -0.3 is 25.4 Å². The molecule has 166 valence electrons. The maximum Gasteiger partial charge on any atom is 0.408 e. The second kappa shape index (κ2) is 10.7. The van der Waals surface area contributed by atoms with Crippen LogP contribution in [0, 0.1) is 0 Å². The van der Waals surface area contributed by atoms with Crippen LogP contribution in [0.5, 0.6) is 5.75 Å². The van der Waals surface area contributed by atoms with Crippen molar-refractivity contribution in [2.75, 3.05) is 17.2 Å². The molecular formula is C22H26ClN3O5. The average Bonchev–Trinajstić information content (AvgIpc) is 2.67. The molecule has 2 aromatic rings. The Balaban J connectivity index is 1.86. The highest BCUT2D eigenvalue weighted by molar-refractivity contribution is 6.30. The molecule has 31 heavy (non-hydrogen) atoms. The Morgan fingerprint density at radius 2 is 1.61 bits per heavy atom. The fourth-order valence-electron chi connectivity index (χ4n) is 2.36. The molecule has 0 spiro atoms. The molecule has 0 radical (unpaired) electrons. The molecule has 0 aliphatic heterocycles. The second-order valence-corrected chi connectivity index (χ2v) is 8.12. The Kier molecular flexibility index (Phi) is 8.27. The third kappa shape index (κ3) is 8.96. The van der Waals surface area contributed by atoms with Crippen molar-refractivity contribution >= 4 is 40.9 Å². The van der Waals surface area contributed by atoms with E-state index in [4.69, 9.17) is 21.1 Å². The van der Waals surface area contributed by atoms with Gasteiger partial charge in [-0.15, -0.1) is 0 Å². The van der Waals surface area contributed by atoms with Crippen LogP contribution in [0.2, 0.25) is 5.02 Å². The van der Waals surface area contributed by atoms with Gasteiger partial charge in [0.1, 0.15) is 17.9 Å². The lowest BCUT2D eigenvalue weighted by molar-refractivity contribution is -0.122. The second-order valence-electron chi connectivity index (χ2n) is 7.69. The lowest BCUT2D eigenvalue weighted by Crippen LogP contribution is -2.37. The number of anilines is 2. The number of nitrogens with one attached hydrogen (secondary N) is 3. The van der Waals surface area contributed by atoms with E-state index in [0.717, 1.165) is 0 Å². The Labute approximate surface area is 186 Å². The van der Waals surface area contributed by atoms with Crippen LogP contribution in [0.15, 0.2) is 48.5 Å². The van der Waals surface area contributed by atoms with E-state index in [-0.39, 0.29) is 12.5 Å². The normalized spacial score (nSPS) is 11.8. The van der Waals surface area contributed by atoms with Crippen LogP contribution >= 0.6 is 11.6 Å². The highest BCUT2D eigenvalue weighted by atomic mass is 35.5. The third-order valence-electron chi connectivity index (χ3n) is 3.70. The average molecular weight is 448 g/mol. The van der Waals surface area contributed by atoms with E-state index in [9.17, 15) is 14.4 Å². The summed E-state index contributed by atoms with van der Waals surface area (Å²) < 4.78 is 10.7. The molecule has 2 aromatic carbocycles. The van der Waals surface area contributed by atoms with Gasteiger partial charge in [-0.2, -0.15) is 0 Å². The zero-order valence-electron chi connectivity index (χ0n) is 17.8. The van der Waals surface area contributed by atoms with E-state index in [0.29, 0.717) is 22.1 Å². The van der Waals surface area contributed by atoms with Gasteiger partial charge >= 0.3 is 6.09 Å². The van der Waals surface area contributed by atoms with Gasteiger partial charge in [-0.05, 0) is 70.2 Å². The highest BCUT2D eigenvalue weighted by Gasteiger charge is 2.17. The van der Waals surface area contributed by atoms with Crippen molar-refractivity contribution in [2.45, 2.75) is 39.4 Å². The number of hydrogen-bond acceptors (Lipinski definition) is 5. The molecule has 1 atom stereocenters. The summed E-state index contributed by atoms with van der Waals surface area (Å²) in [6.45, 7) is 6.56. The molecule has 0 saturated carbocycles. The standard InChI is InChI=1S/C22H26ClN3O5/c1-14(30-18-10-8-15(23)9-11-18)20(28)26-17-7-5-6-16(12-17)25-19(27)13-24-21(29)31-22(2,3)4/h5-12,14H,13H2,1-4H3,(H,24,29)(H,25,27)(H,26,28). The molecule has 8 nitrogen and oxygen atoms in total. The molecule has 0 aliphatic rings. The first-order valence-corrected chi connectivity index (χ1v) is 9.99. The smallest absolute Gasteiger partial charge is 0.408 e. The summed E-state index contributed by atoms with van der Waals surface area (Å²) in [6, 6.07) is 13.3. The van der Waals surface area contributed by atoms with Crippen LogP contribution in [0.4, 0.5) is 16.2 Å². The van der Waals surface area contributed by atoms with E-state index in [1.807, 2.05) is 0 Å². The van der Waals surface area contributed by atoms with Crippen molar-refractivity contribution in [2.24, 2.45) is 0 Å². The summed E-state index contributed by atoms with van der Waals surface area (Å²) >= 11 is 5.84. The van der Waals surface area contributed by atoms with Gasteiger partial charge in [-0.1, -0.05) is 17.7 Å². The lowest BCUT2D eigenvalue weighted by Gasteiger charge is -2.19. The lowest BCUT2D eigenvalue weighted by atomic mass is 10.2. The molecule has 0 saturated heterocycles. The summed E-state index contributed by atoms with van der Waals surface area (Å²) in [5, 5.41) is 8.33. The molecule has 9 heteroatoms. The van der Waals surface area contributed by atoms with Gasteiger partial charge in [-0.3, -0.25) is 9.59 Å². The van der Waals surface area contributed by atoms with Crippen LogP contribution in [0.25, 0.3) is 0 Å². The zero-order chi connectivity index (χ0) is 23.0. The summed E-state index contributed by atoms with van der Waals surface area (Å²) in [4.78, 5) is 36.1. The van der Waals surface area contributed by atoms with Crippen molar-refractivity contribution in [1.29, 1.82) is 0 Å². The largest absolute Gasteiger partial charge is 0.481 e. The SMILES string of the molecule is CC(Oc1ccc(Cl)cc1)C(=O)Nc1cccc(NC(=O)CNC(=O)OC(C)(C)C)c1. The summed E-state index contributed by atoms with van der Waals surface area (Å²) in [6.07, 6.45) is -1.43. The van der Waals surface area contributed by atoms with Gasteiger partial charge in [0.15, 0.2) is 6.10 Å². The Bertz CT molecular complexity index is 925. The first kappa shape index (κ1) is 24.0. The summed E-state index contributed by atoms with van der Waals surface area (Å²) in [5.41, 5.74) is 0.288. The van der Waals surface area contributed by atoms with E-state index >= 15 is 0 Å². The van der Waals surface area contributed by atoms with Gasteiger partial charge in [0.25, 0.3) is 5.91 Å². The van der Waals surface area contributed by atoms with Crippen molar-refractivity contribution in [1.82, 2.24) is 5.32 Å². The molecule has 0 bridgehead atoms. The van der Waals surface area contributed by atoms with Gasteiger partial charge in [0.2, 0.25) is 5.91 Å². The Morgan fingerprint density at radius 3 is 2.23 bits per heavy atom. The number of rotatable bonds is 7. The molecule has 2 rings (SSSR count). The van der Waals surface area contributed by atoms with Gasteiger partial charge in [0, 0.05) is 16.4 Å². The van der Waals surface area contributed by atoms with Gasteiger partial charge in [0.05, 0.1) is 0 Å². The van der Waals surface area contributed by atoms with Crippen molar-refractivity contribution < 1.29 is 23.9 Å². The minimum atomic E-state index is -0.752. The maximum atomic E-state index is 12.4. The van der Waals surface area contributed by atoms with Crippen LogP contribution in [-0.2, 0) is 14.3 Å². The topological polar surface area (TPSA) is 106 Å². The highest BCUT2D eigenvalue weighted by Crippen LogP contribution is 2.19. The number of benzene rings is 2. The maximum absolute atomic E-state index is 12.4. The molecule has 0 aromatic heterocycles. The molecular weight excluding hydrogens is 422 g/mol. The van der Waals surface area contributed by atoms with Crippen LogP contribution in [0.3, 0.4) is 0 Å². The zero-order valence-corrected chi connectivity index (χ0v) is 18.6. The molecule has 3 N–H and O–H groups in total. The summed E-state index contributed by atoms with van der Waals surface area (Å²) in [5.74, 6) is -0.274. The fraction of sp³-hybridized carbons (Fsp3) is 0.318. The minimum Gasteiger partial charge on any atom is -0.481 e. The predicted molar refractivity (Wildman–Crippen MR) is 119 cm³/mol. The number of amides is 3. The number of halogens is 1. The fourth-order valence-corrected chi connectivity index (χ4v) is 2.49. The van der Waals surface area contributed by atoms with Crippen molar-refractivity contribution in [3.05, 3.63) is 53.6 Å². The first-order chi connectivity index (χ1) is 14.5. The van der Waals surface area contributed by atoms with Crippen LogP contribution in [0.1, 0.15) is 27.7 Å². The number of carbonyl (C=O) groups is 3. The number of ether oxygens (including phenoxy) is 2. The minimum absolute atomic E-state index is 0.253. The molecule has 1 unspecified atom stereocenters. The Hall–Kier alpha value is -3.26. The van der Waals surface area contributed by atoms with Crippen molar-refractivity contribution in [3.63, 3.8) is 0 Å². The third-order valence-corrected chi connectivity index (χ3v) is 3.95. The first-order valence-electron chi connectivity index (χ1n) is 9.62.